The molecule has 0 fully saturated rings. The first kappa shape index (κ1) is 18.0. The van der Waals surface area contributed by atoms with E-state index in [1.807, 2.05) is 24.3 Å². The third kappa shape index (κ3) is 3.87. The maximum Gasteiger partial charge on any atom is 0.219 e. The second-order valence-electron chi connectivity index (χ2n) is 6.64. The minimum absolute atomic E-state index is 0.0231. The van der Waals surface area contributed by atoms with E-state index in [0.29, 0.717) is 19.7 Å². The van der Waals surface area contributed by atoms with Gasteiger partial charge in [-0.15, -0.1) is 0 Å². The summed E-state index contributed by atoms with van der Waals surface area (Å²) >= 11 is 0. The molecule has 0 radical (unpaired) electrons. The van der Waals surface area contributed by atoms with Gasteiger partial charge >= 0.3 is 0 Å². The molecule has 0 aliphatic carbocycles. The number of fused-ring (bicyclic) bond motifs is 1. The number of carbonyl (C=O) groups excluding carboxylic acids is 1. The highest BCUT2D eigenvalue weighted by molar-refractivity contribution is 5.76. The normalized spacial score (nSPS) is 10.9. The van der Waals surface area contributed by atoms with Crippen molar-refractivity contribution in [2.75, 3.05) is 13.7 Å². The van der Waals surface area contributed by atoms with E-state index in [1.54, 1.807) is 18.9 Å². The molecule has 0 saturated carbocycles. The van der Waals surface area contributed by atoms with Gasteiger partial charge in [-0.1, -0.05) is 18.2 Å². The molecule has 3 aromatic rings. The fourth-order valence-corrected chi connectivity index (χ4v) is 2.88. The smallest absolute Gasteiger partial charge is 0.219 e. The molecule has 0 unspecified atom stereocenters. The number of amides is 1. The van der Waals surface area contributed by atoms with E-state index in [-0.39, 0.29) is 5.91 Å². The number of benzene rings is 2. The van der Waals surface area contributed by atoms with Crippen LogP contribution in [0.1, 0.15) is 23.9 Å². The lowest BCUT2D eigenvalue weighted by molar-refractivity contribution is -0.128. The maximum atomic E-state index is 11.6. The van der Waals surface area contributed by atoms with Gasteiger partial charge in [0.25, 0.3) is 0 Å². The Bertz CT molecular complexity index is 930. The van der Waals surface area contributed by atoms with Crippen molar-refractivity contribution in [3.05, 3.63) is 59.4 Å². The molecule has 26 heavy (non-hydrogen) atoms. The number of carbonyl (C=O) groups is 1. The number of para-hydroxylation sites is 2. The lowest BCUT2D eigenvalue weighted by Gasteiger charge is -2.16. The highest BCUT2D eigenvalue weighted by Gasteiger charge is 2.13. The first-order chi connectivity index (χ1) is 12.5. The van der Waals surface area contributed by atoms with Crippen LogP contribution < -0.4 is 4.74 Å². The summed E-state index contributed by atoms with van der Waals surface area (Å²) in [6.45, 7) is 7.44. The van der Waals surface area contributed by atoms with Crippen LogP contribution in [0.5, 0.6) is 5.75 Å². The zero-order chi connectivity index (χ0) is 18.7. The van der Waals surface area contributed by atoms with Gasteiger partial charge < -0.3 is 14.2 Å². The van der Waals surface area contributed by atoms with Gasteiger partial charge in [0.05, 0.1) is 24.1 Å². The van der Waals surface area contributed by atoms with Gasteiger partial charge in [0.2, 0.25) is 5.91 Å². The van der Waals surface area contributed by atoms with Gasteiger partial charge in [0.15, 0.2) is 0 Å². The number of aromatic nitrogens is 2. The van der Waals surface area contributed by atoms with Gasteiger partial charge in [-0.2, -0.15) is 0 Å². The van der Waals surface area contributed by atoms with E-state index in [9.17, 15) is 4.79 Å². The van der Waals surface area contributed by atoms with Gasteiger partial charge in [0.1, 0.15) is 18.2 Å². The van der Waals surface area contributed by atoms with Gasteiger partial charge in [0, 0.05) is 14.0 Å². The largest absolute Gasteiger partial charge is 0.492 e. The Hall–Kier alpha value is -2.82. The zero-order valence-electron chi connectivity index (χ0n) is 15.8. The molecule has 0 saturated heterocycles. The molecule has 1 heterocycles. The van der Waals surface area contributed by atoms with E-state index < -0.39 is 0 Å². The van der Waals surface area contributed by atoms with Crippen LogP contribution >= 0.6 is 0 Å². The minimum atomic E-state index is 0.0231. The van der Waals surface area contributed by atoms with Crippen molar-refractivity contribution in [1.82, 2.24) is 14.5 Å². The van der Waals surface area contributed by atoms with E-state index in [0.717, 1.165) is 22.6 Å². The van der Waals surface area contributed by atoms with Crippen LogP contribution in [0, 0.1) is 13.8 Å². The monoisotopic (exact) mass is 351 g/mol. The molecule has 0 aliphatic heterocycles. The van der Waals surface area contributed by atoms with Crippen LogP contribution in [0.4, 0.5) is 0 Å². The number of nitrogens with zero attached hydrogens (tertiary/aromatic N) is 3. The van der Waals surface area contributed by atoms with Crippen LogP contribution in [0.2, 0.25) is 0 Å². The highest BCUT2D eigenvalue weighted by atomic mass is 16.5. The molecule has 0 N–H and O–H groups in total. The average Bonchev–Trinajstić information content (AvgIpc) is 2.95. The molecular formula is C21H25N3O2. The average molecular weight is 351 g/mol. The topological polar surface area (TPSA) is 47.4 Å². The lowest BCUT2D eigenvalue weighted by Crippen LogP contribution is -2.25. The van der Waals surface area contributed by atoms with Crippen molar-refractivity contribution in [3.8, 4) is 5.75 Å². The number of aryl methyl sites for hydroxylation is 2. The van der Waals surface area contributed by atoms with Crippen LogP contribution in [-0.4, -0.2) is 34.0 Å². The summed E-state index contributed by atoms with van der Waals surface area (Å²) in [6.07, 6.45) is 0. The highest BCUT2D eigenvalue weighted by Crippen LogP contribution is 2.19. The molecule has 2 aromatic carbocycles. The Morgan fingerprint density at radius 1 is 1.15 bits per heavy atom. The Morgan fingerprint density at radius 2 is 1.92 bits per heavy atom. The predicted molar refractivity (Wildman–Crippen MR) is 103 cm³/mol. The second-order valence-corrected chi connectivity index (χ2v) is 6.64. The Morgan fingerprint density at radius 3 is 2.65 bits per heavy atom. The Balaban J connectivity index is 1.78. The number of rotatable bonds is 6. The van der Waals surface area contributed by atoms with Crippen LogP contribution in [-0.2, 0) is 17.9 Å². The summed E-state index contributed by atoms with van der Waals surface area (Å²) < 4.78 is 8.08. The van der Waals surface area contributed by atoms with Crippen LogP contribution in [0.25, 0.3) is 11.0 Å². The molecule has 0 spiro atoms. The third-order valence-corrected chi connectivity index (χ3v) is 4.71. The first-order valence-electron chi connectivity index (χ1n) is 8.81. The maximum absolute atomic E-state index is 11.6. The van der Waals surface area contributed by atoms with E-state index >= 15 is 0 Å². The fraction of sp³-hybridized carbons (Fsp3) is 0.333. The van der Waals surface area contributed by atoms with Crippen molar-refractivity contribution in [3.63, 3.8) is 0 Å². The molecule has 0 atom stereocenters. The van der Waals surface area contributed by atoms with Crippen LogP contribution in [0.15, 0.2) is 42.5 Å². The summed E-state index contributed by atoms with van der Waals surface area (Å²) in [5.74, 6) is 1.77. The lowest BCUT2D eigenvalue weighted by atomic mass is 10.1. The SMILES string of the molecule is CC(=O)N(C)Cc1nc2ccccc2n1CCOc1ccc(C)c(C)c1. The summed E-state index contributed by atoms with van der Waals surface area (Å²) in [4.78, 5) is 18.0. The molecule has 0 aliphatic rings. The van der Waals surface area contributed by atoms with E-state index in [4.69, 9.17) is 9.72 Å². The number of ether oxygens (including phenoxy) is 1. The molecular weight excluding hydrogens is 326 g/mol. The summed E-state index contributed by atoms with van der Waals surface area (Å²) in [5.41, 5.74) is 4.47. The third-order valence-electron chi connectivity index (χ3n) is 4.71. The second kappa shape index (κ2) is 7.60. The van der Waals surface area contributed by atoms with Gasteiger partial charge in [-0.05, 0) is 49.2 Å². The van der Waals surface area contributed by atoms with Crippen LogP contribution in [0.3, 0.4) is 0 Å². The zero-order valence-corrected chi connectivity index (χ0v) is 15.8. The molecule has 3 rings (SSSR count). The molecule has 136 valence electrons. The Labute approximate surface area is 154 Å². The van der Waals surface area contributed by atoms with Crippen molar-refractivity contribution in [1.29, 1.82) is 0 Å². The van der Waals surface area contributed by atoms with E-state index in [2.05, 4.69) is 36.6 Å². The van der Waals surface area contributed by atoms with Crippen molar-refractivity contribution < 1.29 is 9.53 Å². The van der Waals surface area contributed by atoms with Crippen molar-refractivity contribution in [2.45, 2.75) is 33.9 Å². The first-order valence-corrected chi connectivity index (χ1v) is 8.81. The van der Waals surface area contributed by atoms with Gasteiger partial charge in [-0.3, -0.25) is 4.79 Å². The summed E-state index contributed by atoms with van der Waals surface area (Å²) in [7, 11) is 1.79. The number of imidazole rings is 1. The quantitative estimate of drug-likeness (QED) is 0.680. The number of hydrogen-bond acceptors (Lipinski definition) is 3. The molecule has 5 nitrogen and oxygen atoms in total. The summed E-state index contributed by atoms with van der Waals surface area (Å²) in [5, 5.41) is 0. The predicted octanol–water partition coefficient (Wildman–Crippen LogP) is 3.71. The standard InChI is InChI=1S/C21H25N3O2/c1-15-9-10-18(13-16(15)2)26-12-11-24-20-8-6-5-7-19(20)22-21(24)14-23(4)17(3)25/h5-10,13H,11-12,14H2,1-4H3. The van der Waals surface area contributed by atoms with Gasteiger partial charge in [-0.25, -0.2) is 4.98 Å². The molecule has 0 bridgehead atoms. The van der Waals surface area contributed by atoms with Crippen molar-refractivity contribution >= 4 is 16.9 Å². The van der Waals surface area contributed by atoms with E-state index in [1.165, 1.54) is 11.1 Å². The number of hydrogen-bond donors (Lipinski definition) is 0. The molecule has 1 amide bonds. The molecule has 5 heteroatoms. The Kier molecular flexibility index (Phi) is 5.26. The fourth-order valence-electron chi connectivity index (χ4n) is 2.88. The minimum Gasteiger partial charge on any atom is -0.492 e. The summed E-state index contributed by atoms with van der Waals surface area (Å²) in [6, 6.07) is 14.2. The molecule has 1 aromatic heterocycles. The van der Waals surface area contributed by atoms with Crippen molar-refractivity contribution in [2.24, 2.45) is 0 Å².